The highest BCUT2D eigenvalue weighted by Crippen LogP contribution is 2.15. The summed E-state index contributed by atoms with van der Waals surface area (Å²) in [7, 11) is 0. The summed E-state index contributed by atoms with van der Waals surface area (Å²) in [5.74, 6) is 0. The zero-order valence-electron chi connectivity index (χ0n) is 10.4. The molecule has 0 unspecified atom stereocenters. The van der Waals surface area contributed by atoms with E-state index >= 15 is 0 Å². The van der Waals surface area contributed by atoms with Crippen LogP contribution in [0.4, 0.5) is 0 Å². The summed E-state index contributed by atoms with van der Waals surface area (Å²) in [6, 6.07) is 0.336. The van der Waals surface area contributed by atoms with E-state index in [1.54, 1.807) is 12.2 Å². The molecule has 2 aliphatic rings. The molecule has 0 radical (unpaired) electrons. The highest BCUT2D eigenvalue weighted by atomic mass is 16.6. The number of rotatable bonds is 3. The number of hydrogen-bond donors (Lipinski definition) is 1. The van der Waals surface area contributed by atoms with Gasteiger partial charge in [-0.25, -0.2) is 0 Å². The van der Waals surface area contributed by atoms with Crippen molar-refractivity contribution in [2.75, 3.05) is 19.6 Å². The van der Waals surface area contributed by atoms with E-state index in [2.05, 4.69) is 11.0 Å². The van der Waals surface area contributed by atoms with Crippen LogP contribution in [0.25, 0.3) is 0 Å². The van der Waals surface area contributed by atoms with Crippen molar-refractivity contribution in [1.29, 1.82) is 0 Å². The minimum Gasteiger partial charge on any atom is -0.328 e. The summed E-state index contributed by atoms with van der Waals surface area (Å²) >= 11 is 0. The predicted molar refractivity (Wildman–Crippen MR) is 70.6 cm³/mol. The molecule has 2 N–H and O–H groups in total. The van der Waals surface area contributed by atoms with Crippen LogP contribution in [-0.2, 0) is 0 Å². The molecule has 5 nitrogen and oxygen atoms in total. The van der Waals surface area contributed by atoms with Crippen LogP contribution in [-0.4, -0.2) is 35.5 Å². The molecule has 0 aromatic heterocycles. The minimum absolute atomic E-state index is 0.182. The molecule has 2 rings (SSSR count). The Balaban J connectivity index is 1.90. The lowest BCUT2D eigenvalue weighted by Crippen LogP contribution is -2.40. The molecular formula is C13H19N3O2. The highest BCUT2D eigenvalue weighted by Gasteiger charge is 2.17. The first-order valence-electron chi connectivity index (χ1n) is 6.35. The summed E-state index contributed by atoms with van der Waals surface area (Å²) in [6.07, 6.45) is 9.86. The second kappa shape index (κ2) is 5.93. The predicted octanol–water partition coefficient (Wildman–Crippen LogP) is 1.46. The number of piperidine rings is 1. The molecule has 0 saturated carbocycles. The van der Waals surface area contributed by atoms with Gasteiger partial charge in [0, 0.05) is 18.7 Å². The number of nitrogens with zero attached hydrogens (tertiary/aromatic N) is 2. The van der Waals surface area contributed by atoms with Gasteiger partial charge in [-0.1, -0.05) is 12.2 Å². The van der Waals surface area contributed by atoms with E-state index in [1.165, 1.54) is 0 Å². The van der Waals surface area contributed by atoms with Crippen LogP contribution in [0.5, 0.6) is 0 Å². The van der Waals surface area contributed by atoms with E-state index in [0.717, 1.165) is 38.0 Å². The quantitative estimate of drug-likeness (QED) is 0.607. The Morgan fingerprint density at radius 3 is 2.72 bits per heavy atom. The van der Waals surface area contributed by atoms with E-state index < -0.39 is 0 Å². The molecule has 0 aromatic rings. The van der Waals surface area contributed by atoms with Crippen LogP contribution in [0.1, 0.15) is 19.3 Å². The van der Waals surface area contributed by atoms with Crippen LogP contribution in [0.2, 0.25) is 0 Å². The molecule has 1 heterocycles. The number of nitrogens with two attached hydrogens (primary N) is 1. The van der Waals surface area contributed by atoms with Gasteiger partial charge in [-0.15, -0.1) is 0 Å². The summed E-state index contributed by atoms with van der Waals surface area (Å²) in [6.45, 7) is 2.89. The molecule has 1 saturated heterocycles. The Bertz CT molecular complexity index is 404. The van der Waals surface area contributed by atoms with Crippen molar-refractivity contribution in [2.24, 2.45) is 5.73 Å². The Morgan fingerprint density at radius 1 is 1.33 bits per heavy atom. The van der Waals surface area contributed by atoms with Gasteiger partial charge in [-0.2, -0.15) is 0 Å². The Labute approximate surface area is 107 Å². The SMILES string of the molecule is NC1CCN(CC2=CCC=C([N+](=O)[O-])C=C2)CC1. The second-order valence-corrected chi connectivity index (χ2v) is 4.85. The third kappa shape index (κ3) is 3.51. The van der Waals surface area contributed by atoms with Crippen LogP contribution in [0, 0.1) is 10.1 Å². The lowest BCUT2D eigenvalue weighted by atomic mass is 10.1. The number of likely N-dealkylation sites (tertiary alicyclic amines) is 1. The maximum absolute atomic E-state index is 10.7. The summed E-state index contributed by atoms with van der Waals surface area (Å²) in [5, 5.41) is 10.7. The first-order valence-corrected chi connectivity index (χ1v) is 6.35. The summed E-state index contributed by atoms with van der Waals surface area (Å²) < 4.78 is 0. The van der Waals surface area contributed by atoms with Crippen LogP contribution >= 0.6 is 0 Å². The largest absolute Gasteiger partial charge is 0.328 e. The molecule has 1 fully saturated rings. The Morgan fingerprint density at radius 2 is 2.06 bits per heavy atom. The topological polar surface area (TPSA) is 72.4 Å². The van der Waals surface area contributed by atoms with Crippen molar-refractivity contribution in [3.63, 3.8) is 0 Å². The van der Waals surface area contributed by atoms with E-state index in [-0.39, 0.29) is 10.6 Å². The molecule has 1 aliphatic heterocycles. The minimum atomic E-state index is -0.340. The molecule has 1 aliphatic carbocycles. The normalized spacial score (nSPS) is 22.3. The van der Waals surface area contributed by atoms with Gasteiger partial charge in [0.25, 0.3) is 5.70 Å². The lowest BCUT2D eigenvalue weighted by molar-refractivity contribution is -0.419. The van der Waals surface area contributed by atoms with Crippen molar-refractivity contribution in [3.8, 4) is 0 Å². The standard InChI is InChI=1S/C13H19N3O2/c14-12-6-8-15(9-7-12)10-11-2-1-3-13(5-4-11)16(17)18/h2-5,12H,1,6-10,14H2. The number of hydrogen-bond acceptors (Lipinski definition) is 4. The molecule has 0 bridgehead atoms. The van der Waals surface area contributed by atoms with Crippen molar-refractivity contribution in [3.05, 3.63) is 45.7 Å². The molecular weight excluding hydrogens is 230 g/mol. The van der Waals surface area contributed by atoms with Crippen molar-refractivity contribution in [2.45, 2.75) is 25.3 Å². The maximum Gasteiger partial charge on any atom is 0.265 e. The van der Waals surface area contributed by atoms with Crippen LogP contribution in [0.3, 0.4) is 0 Å². The fourth-order valence-corrected chi connectivity index (χ4v) is 2.28. The molecule has 0 aromatic carbocycles. The molecule has 5 heteroatoms. The van der Waals surface area contributed by atoms with Crippen molar-refractivity contribution >= 4 is 0 Å². The maximum atomic E-state index is 10.7. The van der Waals surface area contributed by atoms with E-state index in [1.807, 2.05) is 6.08 Å². The smallest absolute Gasteiger partial charge is 0.265 e. The van der Waals surface area contributed by atoms with Gasteiger partial charge in [-0.3, -0.25) is 15.0 Å². The molecule has 98 valence electrons. The van der Waals surface area contributed by atoms with E-state index in [0.29, 0.717) is 12.5 Å². The highest BCUT2D eigenvalue weighted by molar-refractivity contribution is 5.30. The molecule has 0 atom stereocenters. The van der Waals surface area contributed by atoms with Crippen LogP contribution < -0.4 is 5.73 Å². The summed E-state index contributed by atoms with van der Waals surface area (Å²) in [5.41, 5.74) is 7.20. The first-order chi connectivity index (χ1) is 8.65. The van der Waals surface area contributed by atoms with Gasteiger partial charge in [-0.05, 0) is 44.0 Å². The summed E-state index contributed by atoms with van der Waals surface area (Å²) in [4.78, 5) is 12.7. The fourth-order valence-electron chi connectivity index (χ4n) is 2.28. The van der Waals surface area contributed by atoms with Gasteiger partial charge in [0.1, 0.15) is 0 Å². The average molecular weight is 249 g/mol. The van der Waals surface area contributed by atoms with Gasteiger partial charge in [0.2, 0.25) is 0 Å². The van der Waals surface area contributed by atoms with Gasteiger partial charge < -0.3 is 5.73 Å². The monoisotopic (exact) mass is 249 g/mol. The number of nitro groups is 1. The zero-order chi connectivity index (χ0) is 13.0. The second-order valence-electron chi connectivity index (χ2n) is 4.85. The lowest BCUT2D eigenvalue weighted by Gasteiger charge is -2.30. The van der Waals surface area contributed by atoms with E-state index in [9.17, 15) is 10.1 Å². The van der Waals surface area contributed by atoms with Crippen molar-refractivity contribution in [1.82, 2.24) is 4.90 Å². The van der Waals surface area contributed by atoms with Crippen molar-refractivity contribution < 1.29 is 4.92 Å². The zero-order valence-corrected chi connectivity index (χ0v) is 10.4. The molecule has 0 amide bonds. The fraction of sp³-hybridized carbons (Fsp3) is 0.538. The molecule has 18 heavy (non-hydrogen) atoms. The Hall–Kier alpha value is -1.46. The van der Waals surface area contributed by atoms with Crippen LogP contribution in [0.15, 0.2) is 35.6 Å². The molecule has 0 spiro atoms. The third-order valence-corrected chi connectivity index (χ3v) is 3.42. The van der Waals surface area contributed by atoms with Gasteiger partial charge in [0.15, 0.2) is 0 Å². The van der Waals surface area contributed by atoms with Gasteiger partial charge in [0.05, 0.1) is 4.92 Å². The van der Waals surface area contributed by atoms with Gasteiger partial charge >= 0.3 is 0 Å². The van der Waals surface area contributed by atoms with E-state index in [4.69, 9.17) is 5.73 Å². The Kier molecular flexibility index (Phi) is 4.28. The number of allylic oxidation sites excluding steroid dienone is 3. The average Bonchev–Trinajstić information content (AvgIpc) is 2.58. The third-order valence-electron chi connectivity index (χ3n) is 3.42. The first kappa shape index (κ1) is 13.0.